The summed E-state index contributed by atoms with van der Waals surface area (Å²) in [6.45, 7) is 2.99. The Morgan fingerprint density at radius 1 is 1.56 bits per heavy atom. The highest BCUT2D eigenvalue weighted by molar-refractivity contribution is 9.10. The minimum absolute atomic E-state index is 0.357. The van der Waals surface area contributed by atoms with Crippen LogP contribution in [0, 0.1) is 12.8 Å². The number of halogens is 1. The Morgan fingerprint density at radius 3 is 3.06 bits per heavy atom. The summed E-state index contributed by atoms with van der Waals surface area (Å²) in [6, 6.07) is 2.35. The van der Waals surface area contributed by atoms with Crippen molar-refractivity contribution >= 4 is 21.7 Å². The van der Waals surface area contributed by atoms with Gasteiger partial charge in [-0.2, -0.15) is 0 Å². The van der Waals surface area contributed by atoms with Gasteiger partial charge in [-0.05, 0) is 53.2 Å². The number of nitrogens with one attached hydrogen (secondary N) is 1. The summed E-state index contributed by atoms with van der Waals surface area (Å²) in [5, 5.41) is 3.39. The second-order valence-corrected chi connectivity index (χ2v) is 5.32. The maximum Gasteiger partial charge on any atom is 0.140 e. The van der Waals surface area contributed by atoms with E-state index in [4.69, 9.17) is 5.73 Å². The summed E-state index contributed by atoms with van der Waals surface area (Å²) in [5.41, 5.74) is 7.24. The molecule has 0 aliphatic heterocycles. The van der Waals surface area contributed by atoms with Crippen LogP contribution in [0.25, 0.3) is 0 Å². The highest BCUT2D eigenvalue weighted by atomic mass is 79.9. The molecule has 0 aromatic carbocycles. The van der Waals surface area contributed by atoms with Crippen molar-refractivity contribution in [1.82, 2.24) is 4.98 Å². The van der Waals surface area contributed by atoms with Crippen molar-refractivity contribution in [3.63, 3.8) is 0 Å². The molecule has 2 rings (SSSR count). The third-order valence-electron chi connectivity index (χ3n) is 3.33. The molecule has 1 heterocycles. The number of aryl methyl sites for hydroxylation is 1. The number of nitrogens with two attached hydrogens (primary N) is 1. The van der Waals surface area contributed by atoms with Gasteiger partial charge in [0.15, 0.2) is 0 Å². The molecule has 1 saturated carbocycles. The molecule has 88 valence electrons. The number of aromatic nitrogens is 1. The lowest BCUT2D eigenvalue weighted by Gasteiger charge is -2.17. The van der Waals surface area contributed by atoms with E-state index in [1.165, 1.54) is 18.4 Å². The van der Waals surface area contributed by atoms with Gasteiger partial charge >= 0.3 is 0 Å². The van der Waals surface area contributed by atoms with Gasteiger partial charge in [-0.1, -0.05) is 6.42 Å². The van der Waals surface area contributed by atoms with E-state index >= 15 is 0 Å². The Hall–Kier alpha value is -0.610. The summed E-state index contributed by atoms with van der Waals surface area (Å²) >= 11 is 3.55. The van der Waals surface area contributed by atoms with E-state index in [1.807, 2.05) is 12.3 Å². The first-order valence-corrected chi connectivity index (χ1v) is 6.58. The maximum atomic E-state index is 6.04. The van der Waals surface area contributed by atoms with E-state index in [0.29, 0.717) is 12.0 Å². The molecule has 3 N–H and O–H groups in total. The summed E-state index contributed by atoms with van der Waals surface area (Å²) in [7, 11) is 0. The molecule has 1 aromatic heterocycles. The van der Waals surface area contributed by atoms with Crippen LogP contribution >= 0.6 is 15.9 Å². The first kappa shape index (κ1) is 11.9. The topological polar surface area (TPSA) is 50.9 Å². The molecular weight excluding hydrogens is 266 g/mol. The van der Waals surface area contributed by atoms with E-state index in [9.17, 15) is 0 Å². The highest BCUT2D eigenvalue weighted by Crippen LogP contribution is 2.27. The minimum atomic E-state index is 0.357. The first-order valence-electron chi connectivity index (χ1n) is 5.79. The molecule has 1 aliphatic rings. The number of pyridine rings is 1. The largest absolute Gasteiger partial charge is 0.369 e. The standard InChI is InChI=1S/C12H18BrN3/c1-8-5-6-15-12(11(8)13)16-7-9-3-2-4-10(9)14/h5-6,9-10H,2-4,7,14H2,1H3,(H,15,16). The van der Waals surface area contributed by atoms with Crippen molar-refractivity contribution in [3.8, 4) is 0 Å². The average molecular weight is 284 g/mol. The van der Waals surface area contributed by atoms with E-state index in [1.54, 1.807) is 0 Å². The molecule has 0 saturated heterocycles. The summed E-state index contributed by atoms with van der Waals surface area (Å²) < 4.78 is 1.06. The average Bonchev–Trinajstić information content (AvgIpc) is 2.67. The second kappa shape index (κ2) is 5.15. The third kappa shape index (κ3) is 2.55. The predicted octanol–water partition coefficient (Wildman–Crippen LogP) is 2.69. The normalized spacial score (nSPS) is 24.7. The van der Waals surface area contributed by atoms with Gasteiger partial charge < -0.3 is 11.1 Å². The predicted molar refractivity (Wildman–Crippen MR) is 70.5 cm³/mol. The second-order valence-electron chi connectivity index (χ2n) is 4.53. The van der Waals surface area contributed by atoms with Crippen molar-refractivity contribution in [2.24, 2.45) is 11.7 Å². The van der Waals surface area contributed by atoms with Gasteiger partial charge in [-0.25, -0.2) is 4.98 Å². The third-order valence-corrected chi connectivity index (χ3v) is 4.33. The lowest BCUT2D eigenvalue weighted by molar-refractivity contribution is 0.504. The quantitative estimate of drug-likeness (QED) is 0.897. The number of anilines is 1. The molecule has 2 unspecified atom stereocenters. The van der Waals surface area contributed by atoms with Crippen LogP contribution in [0.2, 0.25) is 0 Å². The molecule has 0 radical (unpaired) electrons. The van der Waals surface area contributed by atoms with Crippen LogP contribution in [0.15, 0.2) is 16.7 Å². The molecule has 4 heteroatoms. The van der Waals surface area contributed by atoms with Crippen LogP contribution in [-0.2, 0) is 0 Å². The summed E-state index contributed by atoms with van der Waals surface area (Å²) in [5.74, 6) is 1.52. The molecule has 1 fully saturated rings. The van der Waals surface area contributed by atoms with Crippen molar-refractivity contribution in [2.75, 3.05) is 11.9 Å². The smallest absolute Gasteiger partial charge is 0.140 e. The molecule has 1 aliphatic carbocycles. The van der Waals surface area contributed by atoms with Crippen molar-refractivity contribution < 1.29 is 0 Å². The van der Waals surface area contributed by atoms with Gasteiger partial charge in [0, 0.05) is 18.8 Å². The van der Waals surface area contributed by atoms with Gasteiger partial charge in [0.25, 0.3) is 0 Å². The SMILES string of the molecule is Cc1ccnc(NCC2CCCC2N)c1Br. The van der Waals surface area contributed by atoms with E-state index in [-0.39, 0.29) is 0 Å². The minimum Gasteiger partial charge on any atom is -0.369 e. The zero-order chi connectivity index (χ0) is 11.5. The Kier molecular flexibility index (Phi) is 3.82. The van der Waals surface area contributed by atoms with Crippen LogP contribution in [-0.4, -0.2) is 17.6 Å². The van der Waals surface area contributed by atoms with Crippen LogP contribution in [0.3, 0.4) is 0 Å². The van der Waals surface area contributed by atoms with Crippen molar-refractivity contribution in [3.05, 3.63) is 22.3 Å². The van der Waals surface area contributed by atoms with Gasteiger partial charge in [-0.15, -0.1) is 0 Å². The molecular formula is C12H18BrN3. The van der Waals surface area contributed by atoms with Crippen molar-refractivity contribution in [2.45, 2.75) is 32.2 Å². The maximum absolute atomic E-state index is 6.04. The zero-order valence-corrected chi connectivity index (χ0v) is 11.1. The van der Waals surface area contributed by atoms with E-state index in [2.05, 4.69) is 33.2 Å². The summed E-state index contributed by atoms with van der Waals surface area (Å²) in [6.07, 6.45) is 5.49. The fourth-order valence-electron chi connectivity index (χ4n) is 2.21. The molecule has 0 spiro atoms. The van der Waals surface area contributed by atoms with Crippen LogP contribution in [0.1, 0.15) is 24.8 Å². The summed E-state index contributed by atoms with van der Waals surface area (Å²) in [4.78, 5) is 4.33. The van der Waals surface area contributed by atoms with Gasteiger partial charge in [-0.3, -0.25) is 0 Å². The molecule has 0 bridgehead atoms. The Labute approximate surface area is 105 Å². The monoisotopic (exact) mass is 283 g/mol. The molecule has 2 atom stereocenters. The number of nitrogens with zero attached hydrogens (tertiary/aromatic N) is 1. The van der Waals surface area contributed by atoms with Crippen molar-refractivity contribution in [1.29, 1.82) is 0 Å². The number of hydrogen-bond donors (Lipinski definition) is 2. The fourth-order valence-corrected chi connectivity index (χ4v) is 2.58. The fraction of sp³-hybridized carbons (Fsp3) is 0.583. The van der Waals surface area contributed by atoms with Crippen LogP contribution in [0.5, 0.6) is 0 Å². The molecule has 0 amide bonds. The number of rotatable bonds is 3. The number of hydrogen-bond acceptors (Lipinski definition) is 3. The molecule has 16 heavy (non-hydrogen) atoms. The molecule has 1 aromatic rings. The van der Waals surface area contributed by atoms with Gasteiger partial charge in [0.2, 0.25) is 0 Å². The Bertz CT molecular complexity index is 367. The Morgan fingerprint density at radius 2 is 2.38 bits per heavy atom. The highest BCUT2D eigenvalue weighted by Gasteiger charge is 2.23. The van der Waals surface area contributed by atoms with E-state index < -0.39 is 0 Å². The lowest BCUT2D eigenvalue weighted by atomic mass is 10.1. The first-order chi connectivity index (χ1) is 7.68. The Balaban J connectivity index is 1.96. The van der Waals surface area contributed by atoms with E-state index in [0.717, 1.165) is 23.3 Å². The lowest BCUT2D eigenvalue weighted by Crippen LogP contribution is -2.29. The van der Waals surface area contributed by atoms with Crippen LogP contribution < -0.4 is 11.1 Å². The van der Waals surface area contributed by atoms with Crippen LogP contribution in [0.4, 0.5) is 5.82 Å². The molecule has 3 nitrogen and oxygen atoms in total. The zero-order valence-electron chi connectivity index (χ0n) is 9.54. The van der Waals surface area contributed by atoms with Gasteiger partial charge in [0.1, 0.15) is 5.82 Å². The van der Waals surface area contributed by atoms with Gasteiger partial charge in [0.05, 0.1) is 4.47 Å².